The summed E-state index contributed by atoms with van der Waals surface area (Å²) in [5.74, 6) is 0. The molecule has 362 valence electrons. The second-order valence-corrected chi connectivity index (χ2v) is 20.8. The third kappa shape index (κ3) is 7.67. The topological polar surface area (TPSA) is 16.3 Å². The minimum absolute atomic E-state index is 1.12. The molecule has 3 aromatic heterocycles. The van der Waals surface area contributed by atoms with E-state index in [4.69, 9.17) is 0 Å². The first-order chi connectivity index (χ1) is 38.2. The predicted molar refractivity (Wildman–Crippen MR) is 328 cm³/mol. The molecule has 0 bridgehead atoms. The highest BCUT2D eigenvalue weighted by atomic mass is 32.1. The average molecular weight is 1000 g/mol. The largest absolute Gasteiger partial charge is 0.310 e. The lowest BCUT2D eigenvalue weighted by Gasteiger charge is -2.25. The Morgan fingerprint density at radius 1 is 0.221 bits per heavy atom. The van der Waals surface area contributed by atoms with Gasteiger partial charge in [0.1, 0.15) is 0 Å². The van der Waals surface area contributed by atoms with Gasteiger partial charge in [0.15, 0.2) is 0 Å². The van der Waals surface area contributed by atoms with Gasteiger partial charge in [0.2, 0.25) is 0 Å². The molecule has 15 aromatic rings. The molecule has 0 saturated heterocycles. The van der Waals surface area contributed by atoms with Crippen LogP contribution in [0.2, 0.25) is 0 Å². The van der Waals surface area contributed by atoms with Gasteiger partial charge in [-0.2, -0.15) is 0 Å². The van der Waals surface area contributed by atoms with Crippen LogP contribution in [-0.4, -0.2) is 9.13 Å². The molecule has 0 radical (unpaired) electrons. The van der Waals surface area contributed by atoms with E-state index in [1.54, 1.807) is 0 Å². The van der Waals surface area contributed by atoms with E-state index >= 15 is 0 Å². The lowest BCUT2D eigenvalue weighted by molar-refractivity contribution is 1.18. The Labute approximate surface area is 450 Å². The highest BCUT2D eigenvalue weighted by Gasteiger charge is 2.20. The van der Waals surface area contributed by atoms with Crippen LogP contribution >= 0.6 is 11.3 Å². The van der Waals surface area contributed by atoms with Gasteiger partial charge in [-0.1, -0.05) is 158 Å². The molecule has 0 atom stereocenters. The molecule has 4 nitrogen and oxygen atoms in total. The Kier molecular flexibility index (Phi) is 10.7. The number of nitrogens with zero attached hydrogens (tertiary/aromatic N) is 4. The quantitative estimate of drug-likeness (QED) is 0.136. The molecule has 0 amide bonds. The van der Waals surface area contributed by atoms with E-state index in [1.807, 2.05) is 11.3 Å². The van der Waals surface area contributed by atoms with Crippen molar-refractivity contribution < 1.29 is 0 Å². The smallest absolute Gasteiger partial charge is 0.0542 e. The maximum Gasteiger partial charge on any atom is 0.0542 e. The highest BCUT2D eigenvalue weighted by Crippen LogP contribution is 2.43. The monoisotopic (exact) mass is 1000 g/mol. The lowest BCUT2D eigenvalue weighted by Crippen LogP contribution is -2.09. The van der Waals surface area contributed by atoms with Gasteiger partial charge in [-0.25, -0.2) is 0 Å². The van der Waals surface area contributed by atoms with E-state index in [9.17, 15) is 0 Å². The van der Waals surface area contributed by atoms with Crippen LogP contribution in [0, 0.1) is 0 Å². The van der Waals surface area contributed by atoms with Crippen LogP contribution < -0.4 is 9.80 Å². The number of thiophene rings is 1. The summed E-state index contributed by atoms with van der Waals surface area (Å²) in [6.07, 6.45) is 0. The molecule has 0 aliphatic carbocycles. The Morgan fingerprint density at radius 3 is 0.922 bits per heavy atom. The summed E-state index contributed by atoms with van der Waals surface area (Å²) in [5.41, 5.74) is 18.6. The molecule has 12 aromatic carbocycles. The van der Waals surface area contributed by atoms with Crippen molar-refractivity contribution >= 4 is 109 Å². The molecule has 0 aliphatic heterocycles. The van der Waals surface area contributed by atoms with E-state index in [1.165, 1.54) is 86.0 Å². The van der Waals surface area contributed by atoms with Crippen molar-refractivity contribution in [3.63, 3.8) is 0 Å². The van der Waals surface area contributed by atoms with Crippen LogP contribution in [0.25, 0.3) is 97.4 Å². The Hall–Kier alpha value is -9.94. The summed E-state index contributed by atoms with van der Waals surface area (Å²) in [6.45, 7) is 0. The summed E-state index contributed by atoms with van der Waals surface area (Å²) >= 11 is 1.87. The van der Waals surface area contributed by atoms with Crippen molar-refractivity contribution in [2.75, 3.05) is 9.80 Å². The van der Waals surface area contributed by atoms with E-state index in [0.717, 1.165) is 45.5 Å². The molecular weight excluding hydrogens is 953 g/mol. The van der Waals surface area contributed by atoms with Gasteiger partial charge in [0.25, 0.3) is 0 Å². The van der Waals surface area contributed by atoms with Crippen LogP contribution in [0.3, 0.4) is 0 Å². The minimum atomic E-state index is 1.12. The Morgan fingerprint density at radius 2 is 0.545 bits per heavy atom. The molecule has 3 heterocycles. The molecule has 0 saturated carbocycles. The fourth-order valence-electron chi connectivity index (χ4n) is 11.7. The fourth-order valence-corrected chi connectivity index (χ4v) is 12.9. The first-order valence-corrected chi connectivity index (χ1v) is 27.1. The summed E-state index contributed by atoms with van der Waals surface area (Å²) < 4.78 is 7.39. The summed E-state index contributed by atoms with van der Waals surface area (Å²) in [5, 5.41) is 7.49. The van der Waals surface area contributed by atoms with Crippen LogP contribution in [0.15, 0.2) is 291 Å². The zero-order chi connectivity index (χ0) is 50.8. The van der Waals surface area contributed by atoms with E-state index in [2.05, 4.69) is 310 Å². The molecule has 0 aliphatic rings. The minimum Gasteiger partial charge on any atom is -0.310 e. The van der Waals surface area contributed by atoms with Gasteiger partial charge >= 0.3 is 0 Å². The van der Waals surface area contributed by atoms with Gasteiger partial charge in [0, 0.05) is 87.2 Å². The zero-order valence-corrected chi connectivity index (χ0v) is 42.7. The molecule has 0 N–H and O–H groups in total. The van der Waals surface area contributed by atoms with Crippen LogP contribution in [0.1, 0.15) is 0 Å². The lowest BCUT2D eigenvalue weighted by atomic mass is 10.0. The van der Waals surface area contributed by atoms with Gasteiger partial charge in [-0.05, 0) is 156 Å². The number of benzene rings is 12. The molecule has 77 heavy (non-hydrogen) atoms. The molecule has 15 rings (SSSR count). The second kappa shape index (κ2) is 18.5. The summed E-state index contributed by atoms with van der Waals surface area (Å²) in [4.78, 5) is 4.67. The van der Waals surface area contributed by atoms with Crippen LogP contribution in [0.4, 0.5) is 34.1 Å². The molecular formula is C72H48N4S. The highest BCUT2D eigenvalue weighted by molar-refractivity contribution is 7.25. The first kappa shape index (κ1) is 44.5. The first-order valence-electron chi connectivity index (χ1n) is 26.2. The average Bonchev–Trinajstić information content (AvgIpc) is 4.19. The van der Waals surface area contributed by atoms with Crippen molar-refractivity contribution in [3.05, 3.63) is 291 Å². The number of hydrogen-bond acceptors (Lipinski definition) is 3. The second-order valence-electron chi connectivity index (χ2n) is 19.7. The van der Waals surface area contributed by atoms with Crippen molar-refractivity contribution in [2.24, 2.45) is 0 Å². The number of rotatable bonds is 10. The van der Waals surface area contributed by atoms with Crippen molar-refractivity contribution in [3.8, 4) is 33.6 Å². The third-order valence-electron chi connectivity index (χ3n) is 15.3. The third-order valence-corrected chi connectivity index (χ3v) is 16.4. The van der Waals surface area contributed by atoms with Gasteiger partial charge in [0.05, 0.1) is 22.1 Å². The number of para-hydroxylation sites is 6. The fraction of sp³-hybridized carbons (Fsp3) is 0. The SMILES string of the molecule is c1ccc(N(c2ccccc2)c2ccc3c(c2)c2ccccc2n3-c2ccc(-c3ccc4c(c3)sc3cc(-c5ccc(-n6c7ccccc7c7cc(N(c8ccccc8)c8ccccc8)ccc76)cc5)ccc34)cc2)cc1. The van der Waals surface area contributed by atoms with Gasteiger partial charge < -0.3 is 18.9 Å². The molecule has 0 fully saturated rings. The normalized spacial score (nSPS) is 11.6. The standard InChI is InChI=1S/C72H48N4S/c1-5-17-53(18-6-1)73(54-19-7-2-8-20-54)59-39-43-69-65(47-59)61-25-13-15-27-67(61)75(69)57-35-29-49(30-36-57)51-33-41-63-64-42-34-52(46-72(64)77-71(63)45-51)50-31-37-58(38-32-50)76-68-28-16-14-26-62(68)66-48-60(40-44-70(66)76)74(55-21-9-3-10-22-55)56-23-11-4-12-24-56/h1-48H. The molecule has 0 unspecified atom stereocenters. The van der Waals surface area contributed by atoms with Crippen LogP contribution in [-0.2, 0) is 0 Å². The summed E-state index contributed by atoms with van der Waals surface area (Å²) in [7, 11) is 0. The van der Waals surface area contributed by atoms with E-state index in [-0.39, 0.29) is 0 Å². The number of hydrogen-bond donors (Lipinski definition) is 0. The number of anilines is 6. The number of aromatic nitrogens is 2. The number of fused-ring (bicyclic) bond motifs is 9. The van der Waals surface area contributed by atoms with Crippen LogP contribution in [0.5, 0.6) is 0 Å². The van der Waals surface area contributed by atoms with Gasteiger partial charge in [-0.15, -0.1) is 11.3 Å². The Bertz CT molecular complexity index is 4280. The maximum absolute atomic E-state index is 2.40. The molecule has 5 heteroatoms. The maximum atomic E-state index is 2.40. The van der Waals surface area contributed by atoms with Crippen molar-refractivity contribution in [2.45, 2.75) is 0 Å². The van der Waals surface area contributed by atoms with Crippen molar-refractivity contribution in [1.82, 2.24) is 9.13 Å². The van der Waals surface area contributed by atoms with Gasteiger partial charge in [-0.3, -0.25) is 0 Å². The van der Waals surface area contributed by atoms with E-state index in [0.29, 0.717) is 0 Å². The Balaban J connectivity index is 0.725. The molecule has 0 spiro atoms. The zero-order valence-electron chi connectivity index (χ0n) is 41.9. The van der Waals surface area contributed by atoms with E-state index < -0.39 is 0 Å². The van der Waals surface area contributed by atoms with Crippen molar-refractivity contribution in [1.29, 1.82) is 0 Å². The predicted octanol–water partition coefficient (Wildman–Crippen LogP) is 20.5. The summed E-state index contributed by atoms with van der Waals surface area (Å²) in [6, 6.07) is 106.